The van der Waals surface area contributed by atoms with Crippen LogP contribution in [0.3, 0.4) is 0 Å². The van der Waals surface area contributed by atoms with Crippen LogP contribution in [0.25, 0.3) is 0 Å². The SMILES string of the molecule is CCCCN(CCCl)C(=O)CC1CC1. The van der Waals surface area contributed by atoms with E-state index >= 15 is 0 Å². The van der Waals surface area contributed by atoms with E-state index in [1.807, 2.05) is 4.90 Å². The van der Waals surface area contributed by atoms with E-state index in [1.54, 1.807) is 0 Å². The van der Waals surface area contributed by atoms with Gasteiger partial charge in [0, 0.05) is 25.4 Å². The molecule has 1 rings (SSSR count). The predicted molar refractivity (Wildman–Crippen MR) is 59.5 cm³/mol. The Morgan fingerprint density at radius 3 is 2.64 bits per heavy atom. The maximum Gasteiger partial charge on any atom is 0.222 e. The molecule has 0 bridgehead atoms. The Labute approximate surface area is 91.6 Å². The van der Waals surface area contributed by atoms with Gasteiger partial charge in [0.2, 0.25) is 5.91 Å². The fourth-order valence-electron chi connectivity index (χ4n) is 1.51. The highest BCUT2D eigenvalue weighted by molar-refractivity contribution is 6.18. The third-order valence-corrected chi connectivity index (χ3v) is 2.82. The zero-order valence-electron chi connectivity index (χ0n) is 8.97. The Morgan fingerprint density at radius 2 is 2.14 bits per heavy atom. The van der Waals surface area contributed by atoms with Crippen molar-refractivity contribution in [2.45, 2.75) is 39.0 Å². The number of unbranched alkanes of at least 4 members (excludes halogenated alkanes) is 1. The van der Waals surface area contributed by atoms with Crippen LogP contribution in [0.4, 0.5) is 0 Å². The molecule has 0 heterocycles. The van der Waals surface area contributed by atoms with E-state index in [-0.39, 0.29) is 0 Å². The van der Waals surface area contributed by atoms with Crippen LogP contribution in [0, 0.1) is 5.92 Å². The van der Waals surface area contributed by atoms with Crippen LogP contribution in [0.1, 0.15) is 39.0 Å². The molecule has 0 aromatic heterocycles. The van der Waals surface area contributed by atoms with Crippen molar-refractivity contribution in [3.63, 3.8) is 0 Å². The van der Waals surface area contributed by atoms with Gasteiger partial charge in [-0.3, -0.25) is 4.79 Å². The monoisotopic (exact) mass is 217 g/mol. The molecule has 0 unspecified atom stereocenters. The third kappa shape index (κ3) is 4.32. The van der Waals surface area contributed by atoms with Gasteiger partial charge in [-0.1, -0.05) is 13.3 Å². The van der Waals surface area contributed by atoms with Gasteiger partial charge in [-0.2, -0.15) is 0 Å². The summed E-state index contributed by atoms with van der Waals surface area (Å²) in [5.74, 6) is 1.55. The average Bonchev–Trinajstić information content (AvgIpc) is 2.95. The van der Waals surface area contributed by atoms with Gasteiger partial charge < -0.3 is 4.90 Å². The van der Waals surface area contributed by atoms with E-state index < -0.39 is 0 Å². The van der Waals surface area contributed by atoms with Gasteiger partial charge in [-0.25, -0.2) is 0 Å². The summed E-state index contributed by atoms with van der Waals surface area (Å²) in [6.07, 6.45) is 5.46. The van der Waals surface area contributed by atoms with Crippen LogP contribution in [0.5, 0.6) is 0 Å². The lowest BCUT2D eigenvalue weighted by molar-refractivity contribution is -0.131. The van der Waals surface area contributed by atoms with E-state index in [0.29, 0.717) is 24.2 Å². The quantitative estimate of drug-likeness (QED) is 0.601. The minimum Gasteiger partial charge on any atom is -0.342 e. The summed E-state index contributed by atoms with van der Waals surface area (Å²) in [5.41, 5.74) is 0. The summed E-state index contributed by atoms with van der Waals surface area (Å²) in [6.45, 7) is 3.74. The second-order valence-electron chi connectivity index (χ2n) is 4.07. The number of carbonyl (C=O) groups is 1. The predicted octanol–water partition coefficient (Wildman–Crippen LogP) is 2.65. The van der Waals surface area contributed by atoms with Gasteiger partial charge in [-0.15, -0.1) is 11.6 Å². The van der Waals surface area contributed by atoms with Crippen LogP contribution in [-0.4, -0.2) is 29.8 Å². The first-order valence-electron chi connectivity index (χ1n) is 5.61. The van der Waals surface area contributed by atoms with Gasteiger partial charge >= 0.3 is 0 Å². The van der Waals surface area contributed by atoms with E-state index in [1.165, 1.54) is 12.8 Å². The molecular weight excluding hydrogens is 198 g/mol. The molecular formula is C11H20ClNO. The van der Waals surface area contributed by atoms with Crippen LogP contribution in [0.15, 0.2) is 0 Å². The summed E-state index contributed by atoms with van der Waals surface area (Å²) in [4.78, 5) is 13.7. The summed E-state index contributed by atoms with van der Waals surface area (Å²) in [5, 5.41) is 0. The molecule has 1 aliphatic rings. The first-order chi connectivity index (χ1) is 6.77. The molecule has 14 heavy (non-hydrogen) atoms. The number of hydrogen-bond donors (Lipinski definition) is 0. The number of hydrogen-bond acceptors (Lipinski definition) is 1. The Morgan fingerprint density at radius 1 is 1.43 bits per heavy atom. The van der Waals surface area contributed by atoms with E-state index in [9.17, 15) is 4.79 Å². The lowest BCUT2D eigenvalue weighted by Crippen LogP contribution is -2.33. The molecule has 3 heteroatoms. The minimum atomic E-state index is 0.307. The molecule has 0 saturated heterocycles. The highest BCUT2D eigenvalue weighted by atomic mass is 35.5. The molecule has 0 N–H and O–H groups in total. The number of amides is 1. The second-order valence-corrected chi connectivity index (χ2v) is 4.45. The summed E-state index contributed by atoms with van der Waals surface area (Å²) in [7, 11) is 0. The molecule has 1 saturated carbocycles. The first-order valence-corrected chi connectivity index (χ1v) is 6.15. The number of carbonyl (C=O) groups excluding carboxylic acids is 1. The van der Waals surface area contributed by atoms with Crippen molar-refractivity contribution in [3.8, 4) is 0 Å². The minimum absolute atomic E-state index is 0.307. The van der Waals surface area contributed by atoms with Crippen molar-refractivity contribution < 1.29 is 4.79 Å². The molecule has 82 valence electrons. The lowest BCUT2D eigenvalue weighted by Gasteiger charge is -2.21. The van der Waals surface area contributed by atoms with Gasteiger partial charge in [-0.05, 0) is 25.2 Å². The average molecular weight is 218 g/mol. The Balaban J connectivity index is 2.26. The van der Waals surface area contributed by atoms with E-state index in [0.717, 1.165) is 25.8 Å². The van der Waals surface area contributed by atoms with E-state index in [4.69, 9.17) is 11.6 Å². The maximum atomic E-state index is 11.8. The van der Waals surface area contributed by atoms with Gasteiger partial charge in [0.05, 0.1) is 0 Å². The summed E-state index contributed by atoms with van der Waals surface area (Å²) < 4.78 is 0. The lowest BCUT2D eigenvalue weighted by atomic mass is 10.2. The topological polar surface area (TPSA) is 20.3 Å². The smallest absolute Gasteiger partial charge is 0.222 e. The molecule has 1 aliphatic carbocycles. The number of rotatable bonds is 7. The van der Waals surface area contributed by atoms with Crippen molar-refractivity contribution in [1.29, 1.82) is 0 Å². The highest BCUT2D eigenvalue weighted by Crippen LogP contribution is 2.32. The van der Waals surface area contributed by atoms with Crippen LogP contribution < -0.4 is 0 Å². The van der Waals surface area contributed by atoms with Gasteiger partial charge in [0.15, 0.2) is 0 Å². The van der Waals surface area contributed by atoms with Gasteiger partial charge in [0.1, 0.15) is 0 Å². The van der Waals surface area contributed by atoms with Crippen LogP contribution in [0.2, 0.25) is 0 Å². The van der Waals surface area contributed by atoms with Crippen LogP contribution in [-0.2, 0) is 4.79 Å². The van der Waals surface area contributed by atoms with Crippen molar-refractivity contribution in [2.75, 3.05) is 19.0 Å². The molecule has 0 spiro atoms. The van der Waals surface area contributed by atoms with Crippen LogP contribution >= 0.6 is 11.6 Å². The molecule has 0 radical (unpaired) electrons. The molecule has 1 amide bonds. The Hall–Kier alpha value is -0.240. The molecule has 0 aromatic rings. The zero-order chi connectivity index (χ0) is 10.4. The Kier molecular flexibility index (Phi) is 5.31. The van der Waals surface area contributed by atoms with Crippen molar-refractivity contribution in [3.05, 3.63) is 0 Å². The largest absolute Gasteiger partial charge is 0.342 e. The van der Waals surface area contributed by atoms with E-state index in [2.05, 4.69) is 6.92 Å². The third-order valence-electron chi connectivity index (χ3n) is 2.65. The normalized spacial score (nSPS) is 15.6. The standard InChI is InChI=1S/C11H20ClNO/c1-2-3-7-13(8-6-12)11(14)9-10-4-5-10/h10H,2-9H2,1H3. The fraction of sp³-hybridized carbons (Fsp3) is 0.909. The molecule has 2 nitrogen and oxygen atoms in total. The van der Waals surface area contributed by atoms with Crippen molar-refractivity contribution >= 4 is 17.5 Å². The van der Waals surface area contributed by atoms with Crippen molar-refractivity contribution in [1.82, 2.24) is 4.90 Å². The van der Waals surface area contributed by atoms with Gasteiger partial charge in [0.25, 0.3) is 0 Å². The number of halogens is 1. The number of nitrogens with zero attached hydrogens (tertiary/aromatic N) is 1. The highest BCUT2D eigenvalue weighted by Gasteiger charge is 2.26. The summed E-state index contributed by atoms with van der Waals surface area (Å²) >= 11 is 5.68. The molecule has 0 aliphatic heterocycles. The Bertz CT molecular complexity index is 180. The maximum absolute atomic E-state index is 11.8. The van der Waals surface area contributed by atoms with Crippen molar-refractivity contribution in [2.24, 2.45) is 5.92 Å². The molecule has 0 atom stereocenters. The second kappa shape index (κ2) is 6.28. The first kappa shape index (κ1) is 11.8. The number of alkyl halides is 1. The zero-order valence-corrected chi connectivity index (χ0v) is 9.72. The summed E-state index contributed by atoms with van der Waals surface area (Å²) in [6, 6.07) is 0. The molecule has 1 fully saturated rings. The molecule has 0 aromatic carbocycles. The fourth-order valence-corrected chi connectivity index (χ4v) is 1.71.